The predicted octanol–water partition coefficient (Wildman–Crippen LogP) is 4.05. The Kier molecular flexibility index (Phi) is 4.68. The maximum absolute atomic E-state index is 5.75. The van der Waals surface area contributed by atoms with E-state index in [2.05, 4.69) is 15.9 Å². The smallest absolute Gasteiger partial charge is 0.161 e. The van der Waals surface area contributed by atoms with Gasteiger partial charge in [-0.1, -0.05) is 18.2 Å². The van der Waals surface area contributed by atoms with Crippen LogP contribution in [0.5, 0.6) is 17.2 Å². The molecule has 0 radical (unpaired) electrons. The van der Waals surface area contributed by atoms with Gasteiger partial charge in [-0.3, -0.25) is 0 Å². The third kappa shape index (κ3) is 3.41. The van der Waals surface area contributed by atoms with Crippen molar-refractivity contribution in [3.63, 3.8) is 0 Å². The van der Waals surface area contributed by atoms with Crippen molar-refractivity contribution in [1.82, 2.24) is 0 Å². The van der Waals surface area contributed by atoms with Crippen molar-refractivity contribution in [2.45, 2.75) is 6.61 Å². The molecule has 0 aromatic heterocycles. The van der Waals surface area contributed by atoms with Gasteiger partial charge >= 0.3 is 0 Å². The molecule has 2 aromatic carbocycles. The fourth-order valence-electron chi connectivity index (χ4n) is 1.69. The summed E-state index contributed by atoms with van der Waals surface area (Å²) in [5, 5.41) is 0. The third-order valence-corrected chi connectivity index (χ3v) is 3.33. The molecule has 0 amide bonds. The molecule has 0 N–H and O–H groups in total. The zero-order valence-corrected chi connectivity index (χ0v) is 12.4. The van der Waals surface area contributed by atoms with Gasteiger partial charge in [-0.15, -0.1) is 0 Å². The first-order valence-corrected chi connectivity index (χ1v) is 6.62. The largest absolute Gasteiger partial charge is 0.493 e. The van der Waals surface area contributed by atoms with Gasteiger partial charge in [0.25, 0.3) is 0 Å². The predicted molar refractivity (Wildman–Crippen MR) is 78.0 cm³/mol. The van der Waals surface area contributed by atoms with Crippen molar-refractivity contribution in [2.75, 3.05) is 14.2 Å². The molecule has 0 aliphatic heterocycles. The van der Waals surface area contributed by atoms with Crippen LogP contribution in [0.25, 0.3) is 0 Å². The molecule has 0 heterocycles. The van der Waals surface area contributed by atoms with Gasteiger partial charge in [-0.2, -0.15) is 0 Å². The Labute approximate surface area is 121 Å². The van der Waals surface area contributed by atoms with Gasteiger partial charge in [-0.05, 0) is 45.8 Å². The Morgan fingerprint density at radius 2 is 1.63 bits per heavy atom. The highest BCUT2D eigenvalue weighted by Gasteiger charge is 2.06. The first kappa shape index (κ1) is 13.7. The topological polar surface area (TPSA) is 27.7 Å². The molecule has 0 saturated carbocycles. The van der Waals surface area contributed by atoms with Crippen LogP contribution in [-0.4, -0.2) is 14.2 Å². The molecule has 2 rings (SSSR count). The summed E-state index contributed by atoms with van der Waals surface area (Å²) in [6.07, 6.45) is 0. The summed E-state index contributed by atoms with van der Waals surface area (Å²) in [6.45, 7) is 0.475. The van der Waals surface area contributed by atoms with E-state index in [1.54, 1.807) is 14.2 Å². The Morgan fingerprint density at radius 1 is 0.895 bits per heavy atom. The molecular formula is C15H15BrO3. The van der Waals surface area contributed by atoms with Gasteiger partial charge < -0.3 is 14.2 Å². The summed E-state index contributed by atoms with van der Waals surface area (Å²) in [5.41, 5.74) is 1.02. The van der Waals surface area contributed by atoms with Crippen molar-refractivity contribution >= 4 is 15.9 Å². The van der Waals surface area contributed by atoms with Gasteiger partial charge in [0, 0.05) is 0 Å². The summed E-state index contributed by atoms with van der Waals surface area (Å²) >= 11 is 3.45. The lowest BCUT2D eigenvalue weighted by Crippen LogP contribution is -1.98. The summed E-state index contributed by atoms with van der Waals surface area (Å²) in [5.74, 6) is 2.24. The first-order valence-electron chi connectivity index (χ1n) is 5.83. The van der Waals surface area contributed by atoms with Crippen LogP contribution in [0.1, 0.15) is 5.56 Å². The minimum atomic E-state index is 0.475. The second-order valence-electron chi connectivity index (χ2n) is 3.91. The zero-order chi connectivity index (χ0) is 13.7. The normalized spacial score (nSPS) is 10.1. The Balaban J connectivity index is 2.10. The monoisotopic (exact) mass is 322 g/mol. The van der Waals surface area contributed by atoms with Crippen LogP contribution in [-0.2, 0) is 6.61 Å². The van der Waals surface area contributed by atoms with E-state index in [1.165, 1.54) is 0 Å². The lowest BCUT2D eigenvalue weighted by molar-refractivity contribution is 0.302. The number of hydrogen-bond donors (Lipinski definition) is 0. The van der Waals surface area contributed by atoms with E-state index in [4.69, 9.17) is 14.2 Å². The quantitative estimate of drug-likeness (QED) is 0.831. The van der Waals surface area contributed by atoms with Crippen LogP contribution in [0.2, 0.25) is 0 Å². The molecule has 0 fully saturated rings. The number of methoxy groups -OCH3 is 2. The number of rotatable bonds is 5. The molecule has 0 saturated heterocycles. The van der Waals surface area contributed by atoms with Crippen LogP contribution in [0.3, 0.4) is 0 Å². The molecule has 0 atom stereocenters. The first-order chi connectivity index (χ1) is 9.24. The summed E-state index contributed by atoms with van der Waals surface area (Å²) in [6, 6.07) is 13.5. The molecule has 0 aliphatic rings. The van der Waals surface area contributed by atoms with Gasteiger partial charge in [0.1, 0.15) is 12.4 Å². The molecule has 0 bridgehead atoms. The molecule has 19 heavy (non-hydrogen) atoms. The van der Waals surface area contributed by atoms with Gasteiger partial charge in [0.15, 0.2) is 11.5 Å². The molecule has 0 unspecified atom stereocenters. The minimum absolute atomic E-state index is 0.475. The Morgan fingerprint density at radius 3 is 2.32 bits per heavy atom. The lowest BCUT2D eigenvalue weighted by Gasteiger charge is -2.11. The molecule has 4 heteroatoms. The lowest BCUT2D eigenvalue weighted by atomic mass is 10.2. The summed E-state index contributed by atoms with van der Waals surface area (Å²) in [7, 11) is 3.24. The van der Waals surface area contributed by atoms with Crippen LogP contribution in [0, 0.1) is 0 Å². The van der Waals surface area contributed by atoms with E-state index >= 15 is 0 Å². The maximum atomic E-state index is 5.75. The van der Waals surface area contributed by atoms with E-state index in [1.807, 2.05) is 42.5 Å². The van der Waals surface area contributed by atoms with Crippen LogP contribution in [0.15, 0.2) is 46.9 Å². The number of hydrogen-bond acceptors (Lipinski definition) is 3. The second kappa shape index (κ2) is 6.48. The summed E-state index contributed by atoms with van der Waals surface area (Å²) in [4.78, 5) is 0. The van der Waals surface area contributed by atoms with Gasteiger partial charge in [0.05, 0.1) is 18.7 Å². The molecular weight excluding hydrogens is 308 g/mol. The van der Waals surface area contributed by atoms with E-state index in [-0.39, 0.29) is 0 Å². The highest BCUT2D eigenvalue weighted by atomic mass is 79.9. The van der Waals surface area contributed by atoms with Gasteiger partial charge in [0.2, 0.25) is 0 Å². The van der Waals surface area contributed by atoms with E-state index in [0.29, 0.717) is 18.1 Å². The molecule has 3 nitrogen and oxygen atoms in total. The highest BCUT2D eigenvalue weighted by molar-refractivity contribution is 9.10. The van der Waals surface area contributed by atoms with Gasteiger partial charge in [-0.25, -0.2) is 0 Å². The SMILES string of the molecule is COc1ccc(COc2ccccc2Br)cc1OC. The zero-order valence-electron chi connectivity index (χ0n) is 10.9. The average Bonchev–Trinajstić information content (AvgIpc) is 2.46. The molecule has 0 spiro atoms. The van der Waals surface area contributed by atoms with Crippen molar-refractivity contribution in [1.29, 1.82) is 0 Å². The molecule has 100 valence electrons. The highest BCUT2D eigenvalue weighted by Crippen LogP contribution is 2.29. The molecule has 2 aromatic rings. The Bertz CT molecular complexity index is 555. The number of halogens is 1. The standard InChI is InChI=1S/C15H15BrO3/c1-17-14-8-7-11(9-15(14)18-2)10-19-13-6-4-3-5-12(13)16/h3-9H,10H2,1-2H3. The van der Waals surface area contributed by atoms with E-state index in [9.17, 15) is 0 Å². The number of para-hydroxylation sites is 1. The minimum Gasteiger partial charge on any atom is -0.493 e. The fraction of sp³-hybridized carbons (Fsp3) is 0.200. The fourth-order valence-corrected chi connectivity index (χ4v) is 2.09. The van der Waals surface area contributed by atoms with Crippen LogP contribution < -0.4 is 14.2 Å². The van der Waals surface area contributed by atoms with Crippen LogP contribution in [0.4, 0.5) is 0 Å². The second-order valence-corrected chi connectivity index (χ2v) is 4.76. The third-order valence-electron chi connectivity index (χ3n) is 2.68. The van der Waals surface area contributed by atoms with Crippen molar-refractivity contribution in [2.24, 2.45) is 0 Å². The maximum Gasteiger partial charge on any atom is 0.161 e. The molecule has 0 aliphatic carbocycles. The summed E-state index contributed by atoms with van der Waals surface area (Å²) < 4.78 is 17.2. The van der Waals surface area contributed by atoms with E-state index < -0.39 is 0 Å². The van der Waals surface area contributed by atoms with E-state index in [0.717, 1.165) is 15.8 Å². The van der Waals surface area contributed by atoms with Crippen LogP contribution >= 0.6 is 15.9 Å². The number of benzene rings is 2. The number of ether oxygens (including phenoxy) is 3. The average molecular weight is 323 g/mol. The van der Waals surface area contributed by atoms with Crippen molar-refractivity contribution < 1.29 is 14.2 Å². The Hall–Kier alpha value is -1.68. The van der Waals surface area contributed by atoms with Crippen molar-refractivity contribution in [3.8, 4) is 17.2 Å². The van der Waals surface area contributed by atoms with Crippen molar-refractivity contribution in [3.05, 3.63) is 52.5 Å².